The van der Waals surface area contributed by atoms with Gasteiger partial charge in [-0.15, -0.1) is 0 Å². The molecule has 0 saturated heterocycles. The van der Waals surface area contributed by atoms with Crippen molar-refractivity contribution in [2.24, 2.45) is 22.6 Å². The number of ether oxygens (including phenoxy) is 1. The Morgan fingerprint density at radius 1 is 0.868 bits per heavy atom. The van der Waals surface area contributed by atoms with E-state index in [2.05, 4.69) is 10.3 Å². The number of nitrogens with two attached hydrogens (primary N) is 1. The fraction of sp³-hybridized carbons (Fsp3) is 0.324. The third kappa shape index (κ3) is 11.8. The number of rotatable bonds is 15. The van der Waals surface area contributed by atoms with E-state index in [0.29, 0.717) is 16.7 Å². The van der Waals surface area contributed by atoms with Gasteiger partial charge in [0.25, 0.3) is 5.91 Å². The highest BCUT2D eigenvalue weighted by Gasteiger charge is 2.41. The molecular weight excluding hydrogens is 737 g/mol. The molecule has 284 valence electrons. The zero-order chi connectivity index (χ0) is 38.9. The van der Waals surface area contributed by atoms with Gasteiger partial charge in [0.05, 0.1) is 23.6 Å². The molecule has 0 fully saturated rings. The molecule has 0 saturated carbocycles. The monoisotopic (exact) mass is 770 g/mol. The summed E-state index contributed by atoms with van der Waals surface area (Å²) in [5, 5.41) is 2.23. The molecule has 5 N–H and O–H groups in total. The standard InChI is InChI=1S/C34H33F6N4O8P/c35-33(36,37)16-14-23(28(41)45)24(15-17-34(38,39)40)30(46)43-29-31(47)44(19-51-32(48)22-12-10-20(11-13-22)18-52-53(49)50)26-9-5-4-8-25(26)27(42-29)21-6-2-1-3-7-21/h1-13,23-24,29,49-50H,14-19H2,(H2,41,45)(H,43,46)/t23-,24+,29+/m0/s1. The Kier molecular flexibility index (Phi) is 13.7. The maximum absolute atomic E-state index is 14.2. The van der Waals surface area contributed by atoms with Gasteiger partial charge in [0, 0.05) is 35.8 Å². The average Bonchev–Trinajstić information content (AvgIpc) is 3.21. The second-order valence-corrected chi connectivity index (χ2v) is 12.5. The second kappa shape index (κ2) is 17.7. The van der Waals surface area contributed by atoms with Crippen LogP contribution in [0.5, 0.6) is 0 Å². The SMILES string of the molecule is NC(=O)[C@@H](CCC(F)(F)F)[C@@H](CCC(F)(F)F)C(=O)N[C@H]1N=C(c2ccccc2)c2ccccc2N(COC(=O)c2ccc(COP(O)O)cc2)C1=O. The smallest absolute Gasteiger partial charge is 0.389 e. The maximum atomic E-state index is 14.2. The Morgan fingerprint density at radius 2 is 1.45 bits per heavy atom. The van der Waals surface area contributed by atoms with Gasteiger partial charge in [0.15, 0.2) is 6.73 Å². The summed E-state index contributed by atoms with van der Waals surface area (Å²) in [6, 6.07) is 20.1. The van der Waals surface area contributed by atoms with Crippen LogP contribution >= 0.6 is 8.60 Å². The van der Waals surface area contributed by atoms with Gasteiger partial charge >= 0.3 is 26.9 Å². The summed E-state index contributed by atoms with van der Waals surface area (Å²) in [6.45, 7) is -0.931. The molecule has 0 spiro atoms. The minimum absolute atomic E-state index is 0.0227. The number of halogens is 6. The molecule has 1 heterocycles. The van der Waals surface area contributed by atoms with Crippen molar-refractivity contribution in [1.82, 2.24) is 5.32 Å². The molecule has 12 nitrogen and oxygen atoms in total. The number of nitrogens with zero attached hydrogens (tertiary/aromatic N) is 2. The number of anilines is 1. The van der Waals surface area contributed by atoms with Crippen LogP contribution in [0.4, 0.5) is 32.0 Å². The van der Waals surface area contributed by atoms with Gasteiger partial charge in [-0.25, -0.2) is 9.79 Å². The van der Waals surface area contributed by atoms with E-state index in [1.54, 1.807) is 48.5 Å². The highest BCUT2D eigenvalue weighted by Crippen LogP contribution is 2.34. The van der Waals surface area contributed by atoms with Crippen LogP contribution in [0.2, 0.25) is 0 Å². The van der Waals surface area contributed by atoms with Crippen LogP contribution in [-0.2, 0) is 30.3 Å². The van der Waals surface area contributed by atoms with Crippen LogP contribution in [-0.4, -0.2) is 64.4 Å². The van der Waals surface area contributed by atoms with Gasteiger partial charge in [-0.3, -0.25) is 19.3 Å². The molecule has 0 bridgehead atoms. The summed E-state index contributed by atoms with van der Waals surface area (Å²) in [5.74, 6) is -8.79. The molecule has 0 radical (unpaired) electrons. The van der Waals surface area contributed by atoms with Gasteiger partial charge in [-0.05, 0) is 36.6 Å². The number of fused-ring (bicyclic) bond motifs is 1. The van der Waals surface area contributed by atoms with Gasteiger partial charge in [0.1, 0.15) is 0 Å². The minimum atomic E-state index is -4.86. The normalized spacial score (nSPS) is 15.9. The Labute approximate surface area is 299 Å². The molecule has 53 heavy (non-hydrogen) atoms. The van der Waals surface area contributed by atoms with Crippen LogP contribution < -0.4 is 16.0 Å². The molecular formula is C34H33F6N4O8P. The number of benzene rings is 3. The Balaban J connectivity index is 1.69. The quantitative estimate of drug-likeness (QED) is 0.0918. The first-order valence-electron chi connectivity index (χ1n) is 15.8. The van der Waals surface area contributed by atoms with Crippen LogP contribution in [0.1, 0.15) is 52.7 Å². The number of hydrogen-bond donors (Lipinski definition) is 4. The molecule has 19 heteroatoms. The third-order valence-corrected chi connectivity index (χ3v) is 8.42. The van der Waals surface area contributed by atoms with Crippen molar-refractivity contribution in [3.63, 3.8) is 0 Å². The highest BCUT2D eigenvalue weighted by molar-refractivity contribution is 7.39. The van der Waals surface area contributed by atoms with Gasteiger partial charge in [0.2, 0.25) is 18.0 Å². The number of nitrogens with one attached hydrogen (secondary N) is 1. The third-order valence-electron chi connectivity index (χ3n) is 8.06. The number of amides is 3. The molecule has 3 aromatic carbocycles. The molecule has 0 unspecified atom stereocenters. The average molecular weight is 771 g/mol. The zero-order valence-corrected chi connectivity index (χ0v) is 28.4. The first-order valence-corrected chi connectivity index (χ1v) is 16.9. The van der Waals surface area contributed by atoms with E-state index in [1.807, 2.05) is 0 Å². The number of primary amides is 1. The van der Waals surface area contributed by atoms with Crippen molar-refractivity contribution in [2.75, 3.05) is 11.6 Å². The van der Waals surface area contributed by atoms with E-state index in [-0.39, 0.29) is 23.6 Å². The number of carbonyl (C=O) groups excluding carboxylic acids is 4. The minimum Gasteiger partial charge on any atom is -0.440 e. The number of para-hydroxylation sites is 1. The number of carbonyl (C=O) groups is 4. The lowest BCUT2D eigenvalue weighted by molar-refractivity contribution is -0.152. The fourth-order valence-electron chi connectivity index (χ4n) is 5.50. The largest absolute Gasteiger partial charge is 0.440 e. The Bertz CT molecular complexity index is 1790. The predicted octanol–water partition coefficient (Wildman–Crippen LogP) is 5.26. The predicted molar refractivity (Wildman–Crippen MR) is 178 cm³/mol. The van der Waals surface area contributed by atoms with E-state index < -0.39 is 95.1 Å². The molecule has 3 amide bonds. The van der Waals surface area contributed by atoms with Gasteiger partial charge in [-0.1, -0.05) is 60.7 Å². The van der Waals surface area contributed by atoms with E-state index in [1.165, 1.54) is 30.3 Å². The van der Waals surface area contributed by atoms with Crippen molar-refractivity contribution in [2.45, 2.75) is 50.8 Å². The highest BCUT2D eigenvalue weighted by atomic mass is 31.2. The van der Waals surface area contributed by atoms with Gasteiger partial charge in [-0.2, -0.15) is 26.3 Å². The van der Waals surface area contributed by atoms with E-state index >= 15 is 0 Å². The Morgan fingerprint density at radius 3 is 2.04 bits per heavy atom. The molecule has 4 rings (SSSR count). The second-order valence-electron chi connectivity index (χ2n) is 11.7. The molecule has 0 aromatic heterocycles. The summed E-state index contributed by atoms with van der Waals surface area (Å²) in [4.78, 5) is 76.5. The lowest BCUT2D eigenvalue weighted by atomic mass is 9.83. The van der Waals surface area contributed by atoms with Crippen molar-refractivity contribution < 1.29 is 64.6 Å². The number of alkyl halides is 6. The molecule has 1 aliphatic heterocycles. The first-order chi connectivity index (χ1) is 24.9. The number of hydrogen-bond acceptors (Lipinski definition) is 9. The summed E-state index contributed by atoms with van der Waals surface area (Å²) in [6.07, 6.45) is -17.1. The Hall–Kier alpha value is -4.90. The van der Waals surface area contributed by atoms with E-state index in [9.17, 15) is 45.5 Å². The van der Waals surface area contributed by atoms with Crippen molar-refractivity contribution in [3.05, 3.63) is 101 Å². The van der Waals surface area contributed by atoms with Crippen LogP contribution in [0.3, 0.4) is 0 Å². The summed E-state index contributed by atoms with van der Waals surface area (Å²) in [5.41, 5.74) is 6.84. The van der Waals surface area contributed by atoms with Crippen molar-refractivity contribution in [1.29, 1.82) is 0 Å². The summed E-state index contributed by atoms with van der Waals surface area (Å²) in [7, 11) is -2.61. The van der Waals surface area contributed by atoms with E-state index in [0.717, 1.165) is 4.90 Å². The zero-order valence-electron chi connectivity index (χ0n) is 27.5. The lowest BCUT2D eigenvalue weighted by Crippen LogP contribution is -2.51. The maximum Gasteiger partial charge on any atom is 0.389 e. The number of aliphatic imine (C=N–C) groups is 1. The molecule has 3 aromatic rings. The van der Waals surface area contributed by atoms with Crippen molar-refractivity contribution >= 4 is 43.7 Å². The fourth-order valence-corrected chi connectivity index (χ4v) is 5.76. The molecule has 0 aliphatic carbocycles. The number of benzodiazepines with no additional fused rings is 1. The summed E-state index contributed by atoms with van der Waals surface area (Å²) < 4.78 is 89.5. The molecule has 1 aliphatic rings. The van der Waals surface area contributed by atoms with Crippen molar-refractivity contribution in [3.8, 4) is 0 Å². The molecule has 3 atom stereocenters. The van der Waals surface area contributed by atoms with Crippen LogP contribution in [0, 0.1) is 11.8 Å². The van der Waals surface area contributed by atoms with Crippen LogP contribution in [0.25, 0.3) is 0 Å². The van der Waals surface area contributed by atoms with Gasteiger partial charge < -0.3 is 30.1 Å². The van der Waals surface area contributed by atoms with Crippen LogP contribution in [0.15, 0.2) is 83.9 Å². The topological polar surface area (TPSA) is 181 Å². The van der Waals surface area contributed by atoms with E-state index in [4.69, 9.17) is 24.8 Å². The number of esters is 1. The lowest BCUT2D eigenvalue weighted by Gasteiger charge is -2.28. The summed E-state index contributed by atoms with van der Waals surface area (Å²) >= 11 is 0. The first kappa shape index (κ1) is 40.9.